The molecule has 2 nitrogen and oxygen atoms in total. The molecular formula is C14H18BrF3N2. The van der Waals surface area contributed by atoms with E-state index in [1.54, 1.807) is 6.07 Å². The summed E-state index contributed by atoms with van der Waals surface area (Å²) in [6, 6.07) is 5.60. The molecule has 0 N–H and O–H groups in total. The second-order valence-electron chi connectivity index (χ2n) is 4.92. The van der Waals surface area contributed by atoms with Crippen molar-refractivity contribution < 1.29 is 13.2 Å². The van der Waals surface area contributed by atoms with Crippen LogP contribution < -0.4 is 4.90 Å². The standard InChI is InChI=1S/C14H18BrF3N2/c15-5-2-6-19-7-9-20(10-8-19)13-4-1-3-12(11-13)14(16,17)18/h1,3-4,11H,2,5-10H2. The number of halogens is 4. The zero-order valence-electron chi connectivity index (χ0n) is 11.2. The summed E-state index contributed by atoms with van der Waals surface area (Å²) in [6.07, 6.45) is -3.17. The van der Waals surface area contributed by atoms with Gasteiger partial charge in [-0.2, -0.15) is 13.2 Å². The zero-order chi connectivity index (χ0) is 14.6. The summed E-state index contributed by atoms with van der Waals surface area (Å²) >= 11 is 3.41. The fraction of sp³-hybridized carbons (Fsp3) is 0.571. The molecule has 0 saturated carbocycles. The van der Waals surface area contributed by atoms with Crippen LogP contribution in [0.1, 0.15) is 12.0 Å². The fourth-order valence-electron chi connectivity index (χ4n) is 2.39. The summed E-state index contributed by atoms with van der Waals surface area (Å²) in [4.78, 5) is 4.38. The van der Waals surface area contributed by atoms with Gasteiger partial charge in [0.15, 0.2) is 0 Å². The van der Waals surface area contributed by atoms with Crippen LogP contribution in [0.4, 0.5) is 18.9 Å². The van der Waals surface area contributed by atoms with E-state index < -0.39 is 11.7 Å². The molecule has 6 heteroatoms. The first kappa shape index (κ1) is 15.6. The highest BCUT2D eigenvalue weighted by atomic mass is 79.9. The van der Waals surface area contributed by atoms with Crippen LogP contribution in [0.25, 0.3) is 0 Å². The predicted molar refractivity (Wildman–Crippen MR) is 78.5 cm³/mol. The Morgan fingerprint density at radius 3 is 2.40 bits per heavy atom. The van der Waals surface area contributed by atoms with Gasteiger partial charge in [0.05, 0.1) is 5.56 Å². The number of rotatable bonds is 4. The van der Waals surface area contributed by atoms with E-state index in [1.807, 2.05) is 4.90 Å². The Hall–Kier alpha value is -0.750. The molecule has 1 aromatic carbocycles. The maximum Gasteiger partial charge on any atom is 0.416 e. The van der Waals surface area contributed by atoms with Gasteiger partial charge in [0.1, 0.15) is 0 Å². The van der Waals surface area contributed by atoms with Gasteiger partial charge in [-0.15, -0.1) is 0 Å². The molecule has 0 radical (unpaired) electrons. The van der Waals surface area contributed by atoms with Crippen LogP contribution in [0.3, 0.4) is 0 Å². The largest absolute Gasteiger partial charge is 0.416 e. The van der Waals surface area contributed by atoms with Crippen molar-refractivity contribution in [1.29, 1.82) is 0 Å². The van der Waals surface area contributed by atoms with Gasteiger partial charge in [0.2, 0.25) is 0 Å². The second kappa shape index (κ2) is 6.80. The summed E-state index contributed by atoms with van der Waals surface area (Å²) in [5, 5.41) is 0.987. The molecule has 1 fully saturated rings. The van der Waals surface area contributed by atoms with Gasteiger partial charge in [-0.1, -0.05) is 22.0 Å². The van der Waals surface area contributed by atoms with E-state index >= 15 is 0 Å². The Bertz CT molecular complexity index is 429. The maximum atomic E-state index is 12.7. The van der Waals surface area contributed by atoms with E-state index in [9.17, 15) is 13.2 Å². The highest BCUT2D eigenvalue weighted by Crippen LogP contribution is 2.31. The third-order valence-electron chi connectivity index (χ3n) is 3.52. The normalized spacial score (nSPS) is 17.5. The molecule has 0 aliphatic carbocycles. The Morgan fingerprint density at radius 2 is 1.80 bits per heavy atom. The summed E-state index contributed by atoms with van der Waals surface area (Å²) in [7, 11) is 0. The van der Waals surface area contributed by atoms with Crippen molar-refractivity contribution in [3.63, 3.8) is 0 Å². The molecule has 0 atom stereocenters. The number of benzene rings is 1. The summed E-state index contributed by atoms with van der Waals surface area (Å²) < 4.78 is 38.1. The van der Waals surface area contributed by atoms with Gasteiger partial charge >= 0.3 is 6.18 Å². The smallest absolute Gasteiger partial charge is 0.369 e. The van der Waals surface area contributed by atoms with E-state index in [4.69, 9.17) is 0 Å². The monoisotopic (exact) mass is 350 g/mol. The maximum absolute atomic E-state index is 12.7. The quantitative estimate of drug-likeness (QED) is 0.765. The number of hydrogen-bond donors (Lipinski definition) is 0. The van der Waals surface area contributed by atoms with Crippen molar-refractivity contribution in [2.75, 3.05) is 43.0 Å². The molecule has 112 valence electrons. The summed E-state index contributed by atoms with van der Waals surface area (Å²) in [5.41, 5.74) is 0.0942. The lowest BCUT2D eigenvalue weighted by Gasteiger charge is -2.36. The van der Waals surface area contributed by atoms with E-state index in [0.717, 1.165) is 50.5 Å². The van der Waals surface area contributed by atoms with Crippen molar-refractivity contribution in [3.8, 4) is 0 Å². The van der Waals surface area contributed by atoms with E-state index in [0.29, 0.717) is 5.69 Å². The van der Waals surface area contributed by atoms with E-state index in [2.05, 4.69) is 20.8 Å². The van der Waals surface area contributed by atoms with Gasteiger partial charge in [-0.05, 0) is 31.2 Å². The average molecular weight is 351 g/mol. The lowest BCUT2D eigenvalue weighted by molar-refractivity contribution is -0.137. The first-order valence-corrected chi connectivity index (χ1v) is 7.83. The van der Waals surface area contributed by atoms with Crippen LogP contribution in [-0.2, 0) is 6.18 Å². The highest BCUT2D eigenvalue weighted by molar-refractivity contribution is 9.09. The molecule has 2 rings (SSSR count). The predicted octanol–water partition coefficient (Wildman–Crippen LogP) is 3.61. The summed E-state index contributed by atoms with van der Waals surface area (Å²) in [5.74, 6) is 0. The minimum absolute atomic E-state index is 0.572. The number of anilines is 1. The van der Waals surface area contributed by atoms with E-state index in [-0.39, 0.29) is 0 Å². The van der Waals surface area contributed by atoms with Crippen LogP contribution in [-0.4, -0.2) is 43.0 Å². The molecule has 0 unspecified atom stereocenters. The molecule has 0 bridgehead atoms. The molecule has 1 heterocycles. The minimum Gasteiger partial charge on any atom is -0.369 e. The van der Waals surface area contributed by atoms with Crippen molar-refractivity contribution in [2.24, 2.45) is 0 Å². The van der Waals surface area contributed by atoms with Crippen molar-refractivity contribution in [2.45, 2.75) is 12.6 Å². The topological polar surface area (TPSA) is 6.48 Å². The molecule has 1 saturated heterocycles. The first-order valence-electron chi connectivity index (χ1n) is 6.71. The Kier molecular flexibility index (Phi) is 5.32. The number of nitrogens with zero attached hydrogens (tertiary/aromatic N) is 2. The summed E-state index contributed by atoms with van der Waals surface area (Å²) in [6.45, 7) is 4.42. The Morgan fingerprint density at radius 1 is 1.10 bits per heavy atom. The number of alkyl halides is 4. The highest BCUT2D eigenvalue weighted by Gasteiger charge is 2.31. The molecule has 1 aliphatic rings. The van der Waals surface area contributed by atoms with Crippen LogP contribution in [0.2, 0.25) is 0 Å². The third-order valence-corrected chi connectivity index (χ3v) is 4.08. The molecular weight excluding hydrogens is 333 g/mol. The van der Waals surface area contributed by atoms with Gasteiger partial charge in [-0.3, -0.25) is 4.90 Å². The van der Waals surface area contributed by atoms with Gasteiger partial charge in [-0.25, -0.2) is 0 Å². The van der Waals surface area contributed by atoms with Crippen molar-refractivity contribution >= 4 is 21.6 Å². The van der Waals surface area contributed by atoms with Crippen molar-refractivity contribution in [1.82, 2.24) is 4.90 Å². The van der Waals surface area contributed by atoms with Crippen molar-refractivity contribution in [3.05, 3.63) is 29.8 Å². The van der Waals surface area contributed by atoms with Crippen LogP contribution in [0, 0.1) is 0 Å². The molecule has 0 aromatic heterocycles. The Balaban J connectivity index is 1.97. The average Bonchev–Trinajstić information content (AvgIpc) is 2.45. The second-order valence-corrected chi connectivity index (χ2v) is 5.71. The Labute approximate surface area is 125 Å². The molecule has 1 aromatic rings. The molecule has 1 aliphatic heterocycles. The van der Waals surface area contributed by atoms with Gasteiger partial charge in [0, 0.05) is 37.2 Å². The fourth-order valence-corrected chi connectivity index (χ4v) is 2.64. The van der Waals surface area contributed by atoms with E-state index in [1.165, 1.54) is 12.1 Å². The third kappa shape index (κ3) is 4.12. The molecule has 20 heavy (non-hydrogen) atoms. The van der Waals surface area contributed by atoms with Crippen LogP contribution in [0.5, 0.6) is 0 Å². The zero-order valence-corrected chi connectivity index (χ0v) is 12.8. The lowest BCUT2D eigenvalue weighted by Crippen LogP contribution is -2.46. The van der Waals surface area contributed by atoms with Gasteiger partial charge in [0.25, 0.3) is 0 Å². The van der Waals surface area contributed by atoms with Gasteiger partial charge < -0.3 is 4.90 Å². The molecule has 0 spiro atoms. The number of piperazine rings is 1. The minimum atomic E-state index is -4.27. The first-order chi connectivity index (χ1) is 9.50. The lowest BCUT2D eigenvalue weighted by atomic mass is 10.1. The molecule has 0 amide bonds. The SMILES string of the molecule is FC(F)(F)c1cccc(N2CCN(CCCBr)CC2)c1. The number of hydrogen-bond acceptors (Lipinski definition) is 2. The van der Waals surface area contributed by atoms with Crippen LogP contribution >= 0.6 is 15.9 Å². The van der Waals surface area contributed by atoms with Crippen LogP contribution in [0.15, 0.2) is 24.3 Å².